The molecule has 7 heteroatoms. The van der Waals surface area contributed by atoms with Gasteiger partial charge in [0.2, 0.25) is 5.43 Å². The van der Waals surface area contributed by atoms with Gasteiger partial charge < -0.3 is 19.7 Å². The van der Waals surface area contributed by atoms with Gasteiger partial charge in [0, 0.05) is 18.0 Å². The minimum absolute atomic E-state index is 0.0297. The van der Waals surface area contributed by atoms with Gasteiger partial charge in [-0.1, -0.05) is 46.0 Å². The van der Waals surface area contributed by atoms with Crippen molar-refractivity contribution in [3.05, 3.63) is 34.4 Å². The van der Waals surface area contributed by atoms with Crippen LogP contribution in [0.2, 0.25) is 0 Å². The van der Waals surface area contributed by atoms with Crippen LogP contribution >= 0.6 is 0 Å². The van der Waals surface area contributed by atoms with Crippen molar-refractivity contribution in [1.29, 1.82) is 0 Å². The van der Waals surface area contributed by atoms with Crippen LogP contribution in [0.4, 0.5) is 10.1 Å². The maximum absolute atomic E-state index is 15.1. The van der Waals surface area contributed by atoms with Gasteiger partial charge in [0.25, 0.3) is 0 Å². The van der Waals surface area contributed by atoms with Gasteiger partial charge in [-0.25, -0.2) is 9.18 Å². The third-order valence-corrected chi connectivity index (χ3v) is 6.87. The van der Waals surface area contributed by atoms with E-state index in [0.29, 0.717) is 11.2 Å². The van der Waals surface area contributed by atoms with Gasteiger partial charge in [-0.15, -0.1) is 0 Å². The number of carboxylic acids is 1. The molecular formula is C25H33FN2O4. The lowest BCUT2D eigenvalue weighted by molar-refractivity contribution is -0.147. The van der Waals surface area contributed by atoms with Gasteiger partial charge in [0.1, 0.15) is 5.82 Å². The molecule has 2 fully saturated rings. The molecule has 1 heterocycles. The Morgan fingerprint density at radius 2 is 1.78 bits per heavy atom. The summed E-state index contributed by atoms with van der Waals surface area (Å²) in [6.07, 6.45) is 10.1. The number of anilines is 1. The Morgan fingerprint density at radius 1 is 1.12 bits per heavy atom. The van der Waals surface area contributed by atoms with Crippen molar-refractivity contribution >= 4 is 22.6 Å². The number of nitrogens with zero attached hydrogens (tertiary/aromatic N) is 1. The van der Waals surface area contributed by atoms with Crippen molar-refractivity contribution < 1.29 is 19.0 Å². The topological polar surface area (TPSA) is 80.6 Å². The smallest absolute Gasteiger partial charge is 0.345 e. The average molecular weight is 445 g/mol. The lowest BCUT2D eigenvalue weighted by Gasteiger charge is -2.25. The largest absolute Gasteiger partial charge is 0.478 e. The van der Waals surface area contributed by atoms with Gasteiger partial charge in [0.05, 0.1) is 22.8 Å². The quantitative estimate of drug-likeness (QED) is 0.590. The molecule has 174 valence electrons. The van der Waals surface area contributed by atoms with Crippen LogP contribution in [-0.4, -0.2) is 27.8 Å². The molecule has 0 amide bonds. The highest BCUT2D eigenvalue weighted by Gasteiger charge is 2.27. The standard InChI is InChI=1S/C25H33FN2O4/c1-15(2)24(25(30)31)32-22-14-28(17-10-6-7-11-17)21-13-20(19(26)12-18(21)23(22)29)27-16-8-4-3-5-9-16/h12-17,24,27H,3-11H2,1-2H3,(H,30,31)/t24-/m0/s1. The van der Waals surface area contributed by atoms with Crippen LogP contribution in [0, 0.1) is 11.7 Å². The second-order valence-electron chi connectivity index (χ2n) is 9.62. The first kappa shape index (κ1) is 22.6. The Morgan fingerprint density at radius 3 is 2.41 bits per heavy atom. The second kappa shape index (κ2) is 9.51. The molecule has 2 N–H and O–H groups in total. The molecule has 2 aliphatic carbocycles. The number of rotatable bonds is 7. The van der Waals surface area contributed by atoms with Crippen LogP contribution in [-0.2, 0) is 4.79 Å². The number of carboxylic acid groups (broad SMARTS) is 1. The van der Waals surface area contributed by atoms with Gasteiger partial charge in [-0.3, -0.25) is 4.79 Å². The summed E-state index contributed by atoms with van der Waals surface area (Å²) in [5, 5.41) is 13.1. The van der Waals surface area contributed by atoms with Crippen LogP contribution in [0.25, 0.3) is 10.9 Å². The number of halogens is 1. The summed E-state index contributed by atoms with van der Waals surface area (Å²) in [5.74, 6) is -1.93. The number of hydrogen-bond donors (Lipinski definition) is 2. The maximum atomic E-state index is 15.1. The third-order valence-electron chi connectivity index (χ3n) is 6.87. The normalized spacial score (nSPS) is 18.9. The van der Waals surface area contributed by atoms with E-state index in [1.54, 1.807) is 26.1 Å². The SMILES string of the molecule is CC(C)[C@H](Oc1cn(C2CCCC2)c2cc(NC3CCCCC3)c(F)cc2c1=O)C(=O)O. The van der Waals surface area contributed by atoms with E-state index < -0.39 is 23.3 Å². The van der Waals surface area contributed by atoms with Crippen molar-refractivity contribution in [2.24, 2.45) is 5.92 Å². The Bertz CT molecular complexity index is 1040. The minimum Gasteiger partial charge on any atom is -0.478 e. The predicted molar refractivity (Wildman–Crippen MR) is 123 cm³/mol. The van der Waals surface area contributed by atoms with Crippen LogP contribution in [0.5, 0.6) is 5.75 Å². The molecule has 1 aromatic heterocycles. The zero-order valence-electron chi connectivity index (χ0n) is 18.9. The zero-order valence-corrected chi connectivity index (χ0v) is 18.9. The lowest BCUT2D eigenvalue weighted by Crippen LogP contribution is -2.34. The number of benzene rings is 1. The fraction of sp³-hybridized carbons (Fsp3) is 0.600. The van der Waals surface area contributed by atoms with Crippen molar-refractivity contribution in [3.8, 4) is 5.75 Å². The Hall–Kier alpha value is -2.57. The molecule has 2 saturated carbocycles. The number of ether oxygens (including phenoxy) is 1. The number of hydrogen-bond acceptors (Lipinski definition) is 4. The number of nitrogens with one attached hydrogen (secondary N) is 1. The third kappa shape index (κ3) is 4.62. The fourth-order valence-electron chi connectivity index (χ4n) is 5.10. The van der Waals surface area contributed by atoms with Crippen LogP contribution < -0.4 is 15.5 Å². The van der Waals surface area contributed by atoms with Crippen LogP contribution in [0.1, 0.15) is 77.7 Å². The molecule has 0 aliphatic heterocycles. The first-order valence-corrected chi connectivity index (χ1v) is 11.9. The first-order valence-electron chi connectivity index (χ1n) is 11.9. The van der Waals surface area contributed by atoms with E-state index in [9.17, 15) is 14.7 Å². The van der Waals surface area contributed by atoms with Gasteiger partial charge in [-0.2, -0.15) is 0 Å². The molecule has 0 saturated heterocycles. The first-order chi connectivity index (χ1) is 15.3. The highest BCUT2D eigenvalue weighted by molar-refractivity contribution is 5.84. The molecule has 4 rings (SSSR count). The molecule has 2 aromatic rings. The van der Waals surface area contributed by atoms with E-state index >= 15 is 4.39 Å². The summed E-state index contributed by atoms with van der Waals surface area (Å²) in [6, 6.07) is 3.45. The lowest BCUT2D eigenvalue weighted by atomic mass is 9.95. The molecule has 0 unspecified atom stereocenters. The summed E-state index contributed by atoms with van der Waals surface area (Å²) in [7, 11) is 0. The molecule has 0 bridgehead atoms. The van der Waals surface area contributed by atoms with Crippen LogP contribution in [0.15, 0.2) is 23.1 Å². The number of aromatic nitrogens is 1. The van der Waals surface area contributed by atoms with Gasteiger partial charge in [0.15, 0.2) is 11.9 Å². The van der Waals surface area contributed by atoms with E-state index in [4.69, 9.17) is 4.74 Å². The van der Waals surface area contributed by atoms with E-state index in [2.05, 4.69) is 5.32 Å². The van der Waals surface area contributed by atoms with Crippen molar-refractivity contribution in [1.82, 2.24) is 4.57 Å². The molecule has 0 radical (unpaired) electrons. The molecular weight excluding hydrogens is 411 g/mol. The zero-order chi connectivity index (χ0) is 22.8. The summed E-state index contributed by atoms with van der Waals surface area (Å²) in [6.45, 7) is 3.47. The maximum Gasteiger partial charge on any atom is 0.345 e. The molecule has 1 atom stereocenters. The van der Waals surface area contributed by atoms with E-state index in [0.717, 1.165) is 51.4 Å². The van der Waals surface area contributed by atoms with Gasteiger partial charge >= 0.3 is 5.97 Å². The molecule has 6 nitrogen and oxygen atoms in total. The predicted octanol–water partition coefficient (Wildman–Crippen LogP) is 5.49. The highest BCUT2D eigenvalue weighted by Crippen LogP contribution is 2.35. The highest BCUT2D eigenvalue weighted by atomic mass is 19.1. The second-order valence-corrected chi connectivity index (χ2v) is 9.62. The molecule has 1 aromatic carbocycles. The Kier molecular flexibility index (Phi) is 6.72. The van der Waals surface area contributed by atoms with E-state index in [-0.39, 0.29) is 29.1 Å². The van der Waals surface area contributed by atoms with E-state index in [1.165, 1.54) is 12.5 Å². The average Bonchev–Trinajstić information content (AvgIpc) is 3.29. The number of fused-ring (bicyclic) bond motifs is 1. The molecule has 32 heavy (non-hydrogen) atoms. The fourth-order valence-corrected chi connectivity index (χ4v) is 5.10. The summed E-state index contributed by atoms with van der Waals surface area (Å²) >= 11 is 0. The van der Waals surface area contributed by atoms with Crippen molar-refractivity contribution in [2.45, 2.75) is 89.8 Å². The molecule has 0 spiro atoms. The van der Waals surface area contributed by atoms with Gasteiger partial charge in [-0.05, 0) is 37.8 Å². The summed E-state index contributed by atoms with van der Waals surface area (Å²) in [4.78, 5) is 24.9. The number of carbonyl (C=O) groups is 1. The number of aliphatic carboxylic acids is 1. The minimum atomic E-state index is -1.14. The number of pyridine rings is 1. The van der Waals surface area contributed by atoms with E-state index in [1.807, 2.05) is 4.57 Å². The van der Waals surface area contributed by atoms with Crippen molar-refractivity contribution in [3.63, 3.8) is 0 Å². The Labute approximate surface area is 187 Å². The summed E-state index contributed by atoms with van der Waals surface area (Å²) in [5.41, 5.74) is 0.629. The Balaban J connectivity index is 1.80. The van der Waals surface area contributed by atoms with Crippen molar-refractivity contribution in [2.75, 3.05) is 5.32 Å². The van der Waals surface area contributed by atoms with Crippen LogP contribution in [0.3, 0.4) is 0 Å². The summed E-state index contributed by atoms with van der Waals surface area (Å²) < 4.78 is 22.8. The monoisotopic (exact) mass is 444 g/mol. The molecule has 2 aliphatic rings.